The fourth-order valence-corrected chi connectivity index (χ4v) is 4.12. The minimum atomic E-state index is -0.990. The van der Waals surface area contributed by atoms with Gasteiger partial charge in [0.05, 0.1) is 5.69 Å². The Morgan fingerprint density at radius 2 is 2.13 bits per heavy atom. The SMILES string of the molecule is Cc1nc(Nc2nc(N(C)Cc3cccnc3)cc(N3CCNCC3)n2)sc1C(=O)O. The van der Waals surface area contributed by atoms with Crippen LogP contribution >= 0.6 is 11.3 Å². The zero-order chi connectivity index (χ0) is 21.8. The lowest BCUT2D eigenvalue weighted by Crippen LogP contribution is -2.44. The quantitative estimate of drug-likeness (QED) is 0.504. The van der Waals surface area contributed by atoms with E-state index in [1.165, 1.54) is 0 Å². The molecule has 162 valence electrons. The van der Waals surface area contributed by atoms with Crippen LogP contribution in [0.2, 0.25) is 0 Å². The van der Waals surface area contributed by atoms with E-state index in [0.717, 1.165) is 54.7 Å². The first-order valence-corrected chi connectivity index (χ1v) is 10.7. The van der Waals surface area contributed by atoms with Crippen LogP contribution < -0.4 is 20.4 Å². The Kier molecular flexibility index (Phi) is 6.23. The van der Waals surface area contributed by atoms with E-state index in [0.29, 0.717) is 23.3 Å². The van der Waals surface area contributed by atoms with E-state index in [2.05, 4.69) is 35.5 Å². The number of hydrogen-bond acceptors (Lipinski definition) is 10. The largest absolute Gasteiger partial charge is 0.477 e. The van der Waals surface area contributed by atoms with Gasteiger partial charge in [0, 0.05) is 58.2 Å². The summed E-state index contributed by atoms with van der Waals surface area (Å²) in [5, 5.41) is 16.2. The summed E-state index contributed by atoms with van der Waals surface area (Å²) in [5.74, 6) is 0.964. The van der Waals surface area contributed by atoms with E-state index in [9.17, 15) is 9.90 Å². The highest BCUT2D eigenvalue weighted by Gasteiger charge is 2.18. The average molecular weight is 441 g/mol. The Hall–Kier alpha value is -3.31. The van der Waals surface area contributed by atoms with Gasteiger partial charge in [0.2, 0.25) is 5.95 Å². The van der Waals surface area contributed by atoms with Crippen molar-refractivity contribution in [2.45, 2.75) is 13.5 Å². The molecular formula is C20H24N8O2S. The van der Waals surface area contributed by atoms with Crippen molar-refractivity contribution in [3.8, 4) is 0 Å². The van der Waals surface area contributed by atoms with Crippen LogP contribution in [0.15, 0.2) is 30.6 Å². The minimum absolute atomic E-state index is 0.203. The zero-order valence-corrected chi connectivity index (χ0v) is 18.2. The van der Waals surface area contributed by atoms with Crippen LogP contribution in [0.4, 0.5) is 22.7 Å². The molecule has 0 radical (unpaired) electrons. The molecular weight excluding hydrogens is 416 g/mol. The van der Waals surface area contributed by atoms with Crippen molar-refractivity contribution in [2.24, 2.45) is 0 Å². The van der Waals surface area contributed by atoms with E-state index in [-0.39, 0.29) is 4.88 Å². The second-order valence-corrected chi connectivity index (χ2v) is 8.23. The van der Waals surface area contributed by atoms with Crippen LogP contribution in [-0.4, -0.2) is 64.2 Å². The number of carboxylic acids is 1. The molecule has 4 heterocycles. The molecule has 0 aliphatic carbocycles. The molecule has 11 heteroatoms. The first kappa shape index (κ1) is 20.9. The molecule has 4 rings (SSSR count). The summed E-state index contributed by atoms with van der Waals surface area (Å²) in [4.78, 5) is 33.6. The van der Waals surface area contributed by atoms with Gasteiger partial charge in [-0.15, -0.1) is 0 Å². The molecule has 0 amide bonds. The molecule has 0 atom stereocenters. The number of nitrogens with zero attached hydrogens (tertiary/aromatic N) is 6. The third kappa shape index (κ3) is 5.06. The molecule has 3 aromatic heterocycles. The molecule has 3 aromatic rings. The average Bonchev–Trinajstić information content (AvgIpc) is 3.15. The summed E-state index contributed by atoms with van der Waals surface area (Å²) in [6.07, 6.45) is 3.58. The third-order valence-electron chi connectivity index (χ3n) is 4.88. The van der Waals surface area contributed by atoms with Crippen LogP contribution in [0, 0.1) is 6.92 Å². The van der Waals surface area contributed by atoms with Gasteiger partial charge in [0.15, 0.2) is 5.13 Å². The number of anilines is 4. The van der Waals surface area contributed by atoms with Crippen molar-refractivity contribution >= 4 is 40.0 Å². The molecule has 1 aliphatic rings. The van der Waals surface area contributed by atoms with Crippen LogP contribution in [0.25, 0.3) is 0 Å². The standard InChI is InChI=1S/C20H24N8O2S/c1-13-17(18(29)30)31-20(23-13)26-19-24-15(27(2)12-14-4-3-5-22-11-14)10-16(25-19)28-8-6-21-7-9-28/h3-5,10-11,21H,6-9,12H2,1-2H3,(H,29,30)(H,23,24,25,26). The van der Waals surface area contributed by atoms with Crippen molar-refractivity contribution in [3.05, 3.63) is 46.7 Å². The maximum atomic E-state index is 11.4. The van der Waals surface area contributed by atoms with E-state index in [4.69, 9.17) is 0 Å². The second-order valence-electron chi connectivity index (χ2n) is 7.23. The maximum Gasteiger partial charge on any atom is 0.347 e. The number of piperazine rings is 1. The van der Waals surface area contributed by atoms with Crippen LogP contribution in [-0.2, 0) is 6.54 Å². The van der Waals surface area contributed by atoms with Gasteiger partial charge in [-0.3, -0.25) is 10.3 Å². The Morgan fingerprint density at radius 3 is 2.81 bits per heavy atom. The molecule has 3 N–H and O–H groups in total. The monoisotopic (exact) mass is 440 g/mol. The molecule has 1 saturated heterocycles. The van der Waals surface area contributed by atoms with Gasteiger partial charge < -0.3 is 20.2 Å². The van der Waals surface area contributed by atoms with Crippen LogP contribution in [0.3, 0.4) is 0 Å². The smallest absolute Gasteiger partial charge is 0.347 e. The molecule has 1 fully saturated rings. The Bertz CT molecular complexity index is 1050. The molecule has 0 saturated carbocycles. The summed E-state index contributed by atoms with van der Waals surface area (Å²) in [7, 11) is 1.97. The second kappa shape index (κ2) is 9.23. The topological polar surface area (TPSA) is 119 Å². The highest BCUT2D eigenvalue weighted by atomic mass is 32.1. The fraction of sp³-hybridized carbons (Fsp3) is 0.350. The number of carboxylic acid groups (broad SMARTS) is 1. The number of aromatic nitrogens is 4. The number of nitrogens with one attached hydrogen (secondary N) is 2. The van der Waals surface area contributed by atoms with E-state index in [1.54, 1.807) is 13.1 Å². The highest BCUT2D eigenvalue weighted by Crippen LogP contribution is 2.27. The van der Waals surface area contributed by atoms with Crippen LogP contribution in [0.1, 0.15) is 20.9 Å². The number of carbonyl (C=O) groups is 1. The van der Waals surface area contributed by atoms with Crippen LogP contribution in [0.5, 0.6) is 0 Å². The van der Waals surface area contributed by atoms with Crippen molar-refractivity contribution in [1.82, 2.24) is 25.3 Å². The number of thiazole rings is 1. The Balaban J connectivity index is 1.64. The van der Waals surface area contributed by atoms with E-state index >= 15 is 0 Å². The summed E-state index contributed by atoms with van der Waals surface area (Å²) >= 11 is 1.07. The number of aromatic carboxylic acids is 1. The number of rotatable bonds is 7. The van der Waals surface area contributed by atoms with Gasteiger partial charge in [-0.1, -0.05) is 17.4 Å². The predicted molar refractivity (Wildman–Crippen MR) is 121 cm³/mol. The lowest BCUT2D eigenvalue weighted by Gasteiger charge is -2.29. The van der Waals surface area contributed by atoms with Gasteiger partial charge >= 0.3 is 5.97 Å². The summed E-state index contributed by atoms with van der Waals surface area (Å²) < 4.78 is 0. The number of hydrogen-bond donors (Lipinski definition) is 3. The highest BCUT2D eigenvalue weighted by molar-refractivity contribution is 7.17. The number of pyridine rings is 1. The molecule has 0 aromatic carbocycles. The van der Waals surface area contributed by atoms with Gasteiger partial charge in [-0.05, 0) is 18.6 Å². The summed E-state index contributed by atoms with van der Waals surface area (Å²) in [6.45, 7) is 5.80. The molecule has 10 nitrogen and oxygen atoms in total. The van der Waals surface area contributed by atoms with Crippen molar-refractivity contribution in [2.75, 3.05) is 48.3 Å². The van der Waals surface area contributed by atoms with Gasteiger partial charge in [0.1, 0.15) is 16.5 Å². The molecule has 1 aliphatic heterocycles. The fourth-order valence-electron chi connectivity index (χ4n) is 3.32. The normalized spacial score (nSPS) is 13.8. The van der Waals surface area contributed by atoms with E-state index < -0.39 is 5.97 Å². The lowest BCUT2D eigenvalue weighted by molar-refractivity contribution is 0.0701. The third-order valence-corrected chi connectivity index (χ3v) is 5.94. The van der Waals surface area contributed by atoms with Gasteiger partial charge in [0.25, 0.3) is 0 Å². The van der Waals surface area contributed by atoms with Crippen molar-refractivity contribution < 1.29 is 9.90 Å². The lowest BCUT2D eigenvalue weighted by atomic mass is 10.2. The zero-order valence-electron chi connectivity index (χ0n) is 17.4. The Labute approximate surface area is 184 Å². The molecule has 0 unspecified atom stereocenters. The first-order chi connectivity index (χ1) is 15.0. The summed E-state index contributed by atoms with van der Waals surface area (Å²) in [5.41, 5.74) is 1.54. The summed E-state index contributed by atoms with van der Waals surface area (Å²) in [6, 6.07) is 5.91. The van der Waals surface area contributed by atoms with Crippen molar-refractivity contribution in [1.29, 1.82) is 0 Å². The van der Waals surface area contributed by atoms with Gasteiger partial charge in [-0.2, -0.15) is 9.97 Å². The predicted octanol–water partition coefficient (Wildman–Crippen LogP) is 2.12. The van der Waals surface area contributed by atoms with Gasteiger partial charge in [-0.25, -0.2) is 9.78 Å². The minimum Gasteiger partial charge on any atom is -0.477 e. The molecule has 0 spiro atoms. The number of aryl methyl sites for hydroxylation is 1. The maximum absolute atomic E-state index is 11.4. The molecule has 0 bridgehead atoms. The molecule has 31 heavy (non-hydrogen) atoms. The van der Waals surface area contributed by atoms with E-state index in [1.807, 2.05) is 36.3 Å². The Morgan fingerprint density at radius 1 is 1.32 bits per heavy atom. The first-order valence-electron chi connectivity index (χ1n) is 9.92. The van der Waals surface area contributed by atoms with Crippen molar-refractivity contribution in [3.63, 3.8) is 0 Å².